The van der Waals surface area contributed by atoms with Gasteiger partial charge >= 0.3 is 0 Å². The maximum absolute atomic E-state index is 5.75. The molecular formula is C23H26N6O2. The summed E-state index contributed by atoms with van der Waals surface area (Å²) in [6, 6.07) is 8.52. The van der Waals surface area contributed by atoms with Crippen molar-refractivity contribution in [2.75, 3.05) is 19.0 Å². The van der Waals surface area contributed by atoms with E-state index >= 15 is 0 Å². The average Bonchev–Trinajstić information content (AvgIpc) is 3.23. The van der Waals surface area contributed by atoms with Crippen LogP contribution in [0.3, 0.4) is 0 Å². The molecule has 0 aliphatic heterocycles. The molecule has 0 unspecified atom stereocenters. The molecule has 1 aromatic carbocycles. The SMILES string of the molecule is CCOC1CCC(Nc2ncc3c(-c4ccc5ncnc(OC)c5c4)ccn3n2)CC1. The van der Waals surface area contributed by atoms with Gasteiger partial charge in [0.1, 0.15) is 6.33 Å². The topological polar surface area (TPSA) is 86.5 Å². The zero-order valence-corrected chi connectivity index (χ0v) is 17.8. The molecular weight excluding hydrogens is 392 g/mol. The summed E-state index contributed by atoms with van der Waals surface area (Å²) in [4.78, 5) is 13.1. The predicted molar refractivity (Wildman–Crippen MR) is 119 cm³/mol. The fourth-order valence-corrected chi connectivity index (χ4v) is 4.37. The normalized spacial score (nSPS) is 19.0. The molecule has 0 atom stereocenters. The van der Waals surface area contributed by atoms with Crippen LogP contribution in [0.1, 0.15) is 32.6 Å². The zero-order chi connectivity index (χ0) is 21.2. The molecule has 8 nitrogen and oxygen atoms in total. The molecule has 0 spiro atoms. The van der Waals surface area contributed by atoms with Crippen molar-refractivity contribution in [2.45, 2.75) is 44.8 Å². The predicted octanol–water partition coefficient (Wildman–Crippen LogP) is 4.11. The standard InChI is InChI=1S/C23H26N6O2/c1-3-31-17-7-5-16(6-8-17)27-23-24-13-21-18(10-11-29(21)28-23)15-4-9-20-19(12-15)22(30-2)26-14-25-20/h4,9-14,16-17H,3,5-8H2,1-2H3,(H,27,28). The van der Waals surface area contributed by atoms with Gasteiger partial charge in [-0.25, -0.2) is 19.5 Å². The Bertz CT molecular complexity index is 1200. The third-order valence-corrected chi connectivity index (χ3v) is 5.93. The fraction of sp³-hybridized carbons (Fsp3) is 0.391. The number of hydrogen-bond donors (Lipinski definition) is 1. The number of methoxy groups -OCH3 is 1. The Balaban J connectivity index is 1.38. The highest BCUT2D eigenvalue weighted by Gasteiger charge is 2.22. The van der Waals surface area contributed by atoms with Gasteiger partial charge in [-0.05, 0) is 56.4 Å². The minimum atomic E-state index is 0.386. The number of anilines is 1. The smallest absolute Gasteiger partial charge is 0.241 e. The van der Waals surface area contributed by atoms with Crippen molar-refractivity contribution >= 4 is 22.4 Å². The molecule has 4 aromatic rings. The molecule has 3 aromatic heterocycles. The van der Waals surface area contributed by atoms with Gasteiger partial charge < -0.3 is 14.8 Å². The van der Waals surface area contributed by atoms with Gasteiger partial charge in [0, 0.05) is 24.4 Å². The van der Waals surface area contributed by atoms with E-state index in [-0.39, 0.29) is 0 Å². The van der Waals surface area contributed by atoms with Gasteiger partial charge in [0.25, 0.3) is 0 Å². The lowest BCUT2D eigenvalue weighted by molar-refractivity contribution is 0.0346. The lowest BCUT2D eigenvalue weighted by Gasteiger charge is -2.28. The maximum atomic E-state index is 5.75. The van der Waals surface area contributed by atoms with Gasteiger partial charge in [-0.15, -0.1) is 5.10 Å². The summed E-state index contributed by atoms with van der Waals surface area (Å²) in [6.45, 7) is 2.84. The highest BCUT2D eigenvalue weighted by atomic mass is 16.5. The highest BCUT2D eigenvalue weighted by molar-refractivity contribution is 5.91. The lowest BCUT2D eigenvalue weighted by atomic mass is 9.93. The molecule has 0 radical (unpaired) electrons. The van der Waals surface area contributed by atoms with Crippen molar-refractivity contribution in [3.63, 3.8) is 0 Å². The first-order valence-electron chi connectivity index (χ1n) is 10.8. The highest BCUT2D eigenvalue weighted by Crippen LogP contribution is 2.31. The third kappa shape index (κ3) is 3.90. The minimum absolute atomic E-state index is 0.386. The lowest BCUT2D eigenvalue weighted by Crippen LogP contribution is -2.30. The minimum Gasteiger partial charge on any atom is -0.480 e. The van der Waals surface area contributed by atoms with Gasteiger partial charge in [0.2, 0.25) is 11.8 Å². The van der Waals surface area contributed by atoms with E-state index in [9.17, 15) is 0 Å². The number of aromatic nitrogens is 5. The zero-order valence-electron chi connectivity index (χ0n) is 17.8. The Kier molecular flexibility index (Phi) is 5.38. The summed E-state index contributed by atoms with van der Waals surface area (Å²) in [7, 11) is 1.62. The van der Waals surface area contributed by atoms with E-state index in [1.54, 1.807) is 7.11 Å². The summed E-state index contributed by atoms with van der Waals surface area (Å²) >= 11 is 0. The van der Waals surface area contributed by atoms with E-state index in [0.29, 0.717) is 24.0 Å². The average molecular weight is 419 g/mol. The van der Waals surface area contributed by atoms with Crippen molar-refractivity contribution in [3.8, 4) is 17.0 Å². The summed E-state index contributed by atoms with van der Waals surface area (Å²) in [6.07, 6.45) is 10.1. The number of benzene rings is 1. The van der Waals surface area contributed by atoms with Crippen LogP contribution in [0.2, 0.25) is 0 Å². The van der Waals surface area contributed by atoms with E-state index in [1.165, 1.54) is 6.33 Å². The Labute approximate surface area is 180 Å². The van der Waals surface area contributed by atoms with Crippen LogP contribution in [-0.2, 0) is 4.74 Å². The molecule has 1 aliphatic carbocycles. The number of ether oxygens (including phenoxy) is 2. The molecule has 5 rings (SSSR count). The first-order valence-corrected chi connectivity index (χ1v) is 10.8. The molecule has 1 aliphatic rings. The van der Waals surface area contributed by atoms with Crippen LogP contribution in [0.25, 0.3) is 27.5 Å². The second-order valence-electron chi connectivity index (χ2n) is 7.83. The Morgan fingerprint density at radius 2 is 1.97 bits per heavy atom. The third-order valence-electron chi connectivity index (χ3n) is 5.93. The summed E-state index contributed by atoms with van der Waals surface area (Å²) in [5.41, 5.74) is 3.89. The fourth-order valence-electron chi connectivity index (χ4n) is 4.37. The van der Waals surface area contributed by atoms with Crippen LogP contribution in [0.5, 0.6) is 5.88 Å². The van der Waals surface area contributed by atoms with Gasteiger partial charge in [0.15, 0.2) is 0 Å². The second kappa shape index (κ2) is 8.47. The van der Waals surface area contributed by atoms with Crippen molar-refractivity contribution < 1.29 is 9.47 Å². The van der Waals surface area contributed by atoms with Gasteiger partial charge in [-0.3, -0.25) is 0 Å². The van der Waals surface area contributed by atoms with Crippen molar-refractivity contribution in [3.05, 3.63) is 43.0 Å². The van der Waals surface area contributed by atoms with E-state index in [1.807, 2.05) is 35.1 Å². The van der Waals surface area contributed by atoms with Gasteiger partial charge in [0.05, 0.1) is 35.8 Å². The van der Waals surface area contributed by atoms with Crippen LogP contribution in [0.4, 0.5) is 5.95 Å². The molecule has 8 heteroatoms. The Hall–Kier alpha value is -3.26. The monoisotopic (exact) mass is 418 g/mol. The van der Waals surface area contributed by atoms with Crippen molar-refractivity contribution in [2.24, 2.45) is 0 Å². The first-order chi connectivity index (χ1) is 15.2. The summed E-state index contributed by atoms with van der Waals surface area (Å²) in [5.74, 6) is 1.22. The molecule has 160 valence electrons. The Morgan fingerprint density at radius 1 is 1.10 bits per heavy atom. The second-order valence-corrected chi connectivity index (χ2v) is 7.83. The molecule has 0 saturated heterocycles. The van der Waals surface area contributed by atoms with E-state index in [2.05, 4.69) is 38.4 Å². The Morgan fingerprint density at radius 3 is 2.77 bits per heavy atom. The van der Waals surface area contributed by atoms with Crippen LogP contribution in [0, 0.1) is 0 Å². The molecule has 31 heavy (non-hydrogen) atoms. The molecule has 1 N–H and O–H groups in total. The number of nitrogens with zero attached hydrogens (tertiary/aromatic N) is 5. The van der Waals surface area contributed by atoms with Crippen molar-refractivity contribution in [1.29, 1.82) is 0 Å². The molecule has 3 heterocycles. The van der Waals surface area contributed by atoms with Crippen LogP contribution in [0.15, 0.2) is 43.0 Å². The summed E-state index contributed by atoms with van der Waals surface area (Å²) < 4.78 is 13.0. The number of hydrogen-bond acceptors (Lipinski definition) is 7. The van der Waals surface area contributed by atoms with Gasteiger partial charge in [-0.1, -0.05) is 6.07 Å². The molecule has 0 amide bonds. The maximum Gasteiger partial charge on any atom is 0.241 e. The van der Waals surface area contributed by atoms with Gasteiger partial charge in [-0.2, -0.15) is 0 Å². The number of rotatable bonds is 6. The van der Waals surface area contributed by atoms with Crippen molar-refractivity contribution in [1.82, 2.24) is 24.6 Å². The molecule has 1 fully saturated rings. The van der Waals surface area contributed by atoms with E-state index in [4.69, 9.17) is 9.47 Å². The summed E-state index contributed by atoms with van der Waals surface area (Å²) in [5, 5.41) is 9.05. The van der Waals surface area contributed by atoms with Crippen LogP contribution < -0.4 is 10.1 Å². The largest absolute Gasteiger partial charge is 0.480 e. The van der Waals surface area contributed by atoms with E-state index in [0.717, 1.165) is 59.8 Å². The first kappa shape index (κ1) is 19.7. The quantitative estimate of drug-likeness (QED) is 0.504. The van der Waals surface area contributed by atoms with Crippen LogP contribution >= 0.6 is 0 Å². The molecule has 1 saturated carbocycles. The van der Waals surface area contributed by atoms with Crippen LogP contribution in [-0.4, -0.2) is 50.4 Å². The number of fused-ring (bicyclic) bond motifs is 2. The van der Waals surface area contributed by atoms with E-state index < -0.39 is 0 Å². The molecule has 0 bridgehead atoms. The number of nitrogens with one attached hydrogen (secondary N) is 1.